The highest BCUT2D eigenvalue weighted by Crippen LogP contribution is 2.03. The van der Waals surface area contributed by atoms with Crippen LogP contribution in [-0.4, -0.2) is 18.8 Å². The molecule has 0 saturated carbocycles. The average Bonchev–Trinajstić information content (AvgIpc) is 2.45. The van der Waals surface area contributed by atoms with E-state index in [0.717, 1.165) is 5.56 Å². The average molecular weight is 276 g/mol. The Labute approximate surface area is 120 Å². The smallest absolute Gasteiger partial charge is 0.430 e. The summed E-state index contributed by atoms with van der Waals surface area (Å²) in [5.74, 6) is 0.164. The molecule has 1 radical (unpaired) electrons. The molecule has 0 fully saturated rings. The standard InChI is InChI=1S/C15H22N3O2/c1-4-10-16-18-14(12(2)3)17-15(19)20-11-13-8-6-5-7-9-13/h4-9,12,14,16,18H,1,10-11H2,2-3H3/t14-/m0/s1. The third-order valence-corrected chi connectivity index (χ3v) is 2.58. The van der Waals surface area contributed by atoms with Crippen LogP contribution in [0.1, 0.15) is 19.4 Å². The lowest BCUT2D eigenvalue weighted by atomic mass is 10.1. The highest BCUT2D eigenvalue weighted by Gasteiger charge is 2.18. The van der Waals surface area contributed by atoms with Gasteiger partial charge in [-0.05, 0) is 11.5 Å². The van der Waals surface area contributed by atoms with Gasteiger partial charge in [0.1, 0.15) is 12.8 Å². The molecule has 0 aromatic heterocycles. The lowest BCUT2D eigenvalue weighted by Gasteiger charge is -2.21. The lowest BCUT2D eigenvalue weighted by Crippen LogP contribution is -2.50. The largest absolute Gasteiger partial charge is 0.443 e. The number of hydrazine groups is 1. The Morgan fingerprint density at radius 3 is 2.70 bits per heavy atom. The van der Waals surface area contributed by atoms with Gasteiger partial charge in [-0.3, -0.25) is 5.43 Å². The number of hydrogen-bond acceptors (Lipinski definition) is 4. The second-order valence-electron chi connectivity index (χ2n) is 4.67. The van der Waals surface area contributed by atoms with Crippen LogP contribution >= 0.6 is 0 Å². The molecule has 0 aliphatic heterocycles. The number of benzene rings is 1. The van der Waals surface area contributed by atoms with Gasteiger partial charge < -0.3 is 4.74 Å². The summed E-state index contributed by atoms with van der Waals surface area (Å²) in [7, 11) is 0. The minimum Gasteiger partial charge on any atom is -0.443 e. The van der Waals surface area contributed by atoms with Crippen molar-refractivity contribution in [2.45, 2.75) is 26.6 Å². The van der Waals surface area contributed by atoms with E-state index in [1.54, 1.807) is 6.08 Å². The molecule has 20 heavy (non-hydrogen) atoms. The summed E-state index contributed by atoms with van der Waals surface area (Å²) in [6.45, 7) is 8.37. The Kier molecular flexibility index (Phi) is 7.39. The van der Waals surface area contributed by atoms with E-state index in [-0.39, 0.29) is 18.7 Å². The summed E-state index contributed by atoms with van der Waals surface area (Å²) in [4.78, 5) is 11.7. The number of carbonyl (C=O) groups is 1. The predicted octanol–water partition coefficient (Wildman–Crippen LogP) is 2.19. The zero-order valence-corrected chi connectivity index (χ0v) is 12.0. The van der Waals surface area contributed by atoms with Gasteiger partial charge in [0.05, 0.1) is 0 Å². The summed E-state index contributed by atoms with van der Waals surface area (Å²) >= 11 is 0. The van der Waals surface area contributed by atoms with E-state index in [1.165, 1.54) is 0 Å². The lowest BCUT2D eigenvalue weighted by molar-refractivity contribution is 0.126. The van der Waals surface area contributed by atoms with E-state index in [0.29, 0.717) is 6.54 Å². The molecular weight excluding hydrogens is 254 g/mol. The van der Waals surface area contributed by atoms with Crippen LogP contribution in [0.4, 0.5) is 4.79 Å². The van der Waals surface area contributed by atoms with Crippen molar-refractivity contribution in [3.63, 3.8) is 0 Å². The Morgan fingerprint density at radius 1 is 1.40 bits per heavy atom. The molecule has 1 amide bonds. The molecule has 5 heteroatoms. The van der Waals surface area contributed by atoms with E-state index in [4.69, 9.17) is 4.74 Å². The first kappa shape index (κ1) is 16.2. The summed E-state index contributed by atoms with van der Waals surface area (Å²) in [5.41, 5.74) is 6.83. The summed E-state index contributed by atoms with van der Waals surface area (Å²) in [6, 6.07) is 9.52. The van der Waals surface area contributed by atoms with Gasteiger partial charge >= 0.3 is 6.09 Å². The van der Waals surface area contributed by atoms with Crippen LogP contribution in [0.15, 0.2) is 43.0 Å². The second-order valence-corrected chi connectivity index (χ2v) is 4.67. The monoisotopic (exact) mass is 276 g/mol. The zero-order chi connectivity index (χ0) is 14.8. The van der Waals surface area contributed by atoms with Crippen molar-refractivity contribution >= 4 is 6.09 Å². The van der Waals surface area contributed by atoms with Crippen LogP contribution in [0.5, 0.6) is 0 Å². The van der Waals surface area contributed by atoms with Gasteiger partial charge in [-0.15, -0.1) is 6.58 Å². The quantitative estimate of drug-likeness (QED) is 0.434. The third-order valence-electron chi connectivity index (χ3n) is 2.58. The number of rotatable bonds is 8. The molecule has 5 nitrogen and oxygen atoms in total. The fourth-order valence-corrected chi connectivity index (χ4v) is 1.45. The molecule has 0 unspecified atom stereocenters. The second kappa shape index (κ2) is 9.12. The Morgan fingerprint density at radius 2 is 2.10 bits per heavy atom. The predicted molar refractivity (Wildman–Crippen MR) is 78.7 cm³/mol. The van der Waals surface area contributed by atoms with Gasteiger partial charge in [-0.25, -0.2) is 10.2 Å². The maximum atomic E-state index is 11.7. The van der Waals surface area contributed by atoms with Crippen molar-refractivity contribution in [2.75, 3.05) is 6.54 Å². The molecule has 1 rings (SSSR count). The van der Waals surface area contributed by atoms with Crippen molar-refractivity contribution in [3.8, 4) is 0 Å². The van der Waals surface area contributed by atoms with E-state index < -0.39 is 6.09 Å². The van der Waals surface area contributed by atoms with Crippen molar-refractivity contribution < 1.29 is 9.53 Å². The molecule has 0 heterocycles. The third kappa shape index (κ3) is 6.36. The minimum atomic E-state index is -0.569. The Balaban J connectivity index is 2.35. The summed E-state index contributed by atoms with van der Waals surface area (Å²) in [5, 5.41) is 3.99. The Bertz CT molecular complexity index is 407. The van der Waals surface area contributed by atoms with Crippen LogP contribution in [0, 0.1) is 5.92 Å². The summed E-state index contributed by atoms with van der Waals surface area (Å²) in [6.07, 6.45) is 0.816. The van der Waals surface area contributed by atoms with Crippen LogP contribution in [0.2, 0.25) is 0 Å². The van der Waals surface area contributed by atoms with Crippen LogP contribution in [0.25, 0.3) is 0 Å². The van der Waals surface area contributed by atoms with Crippen LogP contribution in [0.3, 0.4) is 0 Å². The molecule has 2 N–H and O–H groups in total. The van der Waals surface area contributed by atoms with Gasteiger partial charge in [0.2, 0.25) is 0 Å². The van der Waals surface area contributed by atoms with Crippen molar-refractivity contribution in [1.29, 1.82) is 0 Å². The highest BCUT2D eigenvalue weighted by molar-refractivity contribution is 5.67. The molecule has 0 aliphatic rings. The van der Waals surface area contributed by atoms with Crippen LogP contribution in [-0.2, 0) is 11.3 Å². The normalized spacial score (nSPS) is 11.9. The van der Waals surface area contributed by atoms with Crippen molar-refractivity contribution in [2.24, 2.45) is 5.92 Å². The number of carbonyl (C=O) groups excluding carboxylic acids is 1. The molecule has 0 saturated heterocycles. The van der Waals surface area contributed by atoms with Gasteiger partial charge in [-0.2, -0.15) is 5.32 Å². The van der Waals surface area contributed by atoms with Crippen molar-refractivity contribution in [1.82, 2.24) is 16.2 Å². The molecule has 0 bridgehead atoms. The molecule has 0 aliphatic carbocycles. The van der Waals surface area contributed by atoms with E-state index in [1.807, 2.05) is 44.2 Å². The number of nitrogens with one attached hydrogen (secondary N) is 2. The zero-order valence-electron chi connectivity index (χ0n) is 12.0. The van der Waals surface area contributed by atoms with E-state index in [2.05, 4.69) is 22.7 Å². The van der Waals surface area contributed by atoms with Crippen molar-refractivity contribution in [3.05, 3.63) is 48.6 Å². The molecule has 1 aromatic rings. The van der Waals surface area contributed by atoms with Gasteiger partial charge in [0.15, 0.2) is 0 Å². The number of ether oxygens (including phenoxy) is 1. The fourth-order valence-electron chi connectivity index (χ4n) is 1.45. The molecule has 1 aromatic carbocycles. The fraction of sp³-hybridized carbons (Fsp3) is 0.400. The number of nitrogens with zero attached hydrogens (tertiary/aromatic N) is 1. The van der Waals surface area contributed by atoms with Gasteiger partial charge in [0, 0.05) is 6.54 Å². The molecule has 1 atom stereocenters. The highest BCUT2D eigenvalue weighted by atomic mass is 16.5. The molecule has 0 spiro atoms. The maximum absolute atomic E-state index is 11.7. The Hall–Kier alpha value is -1.85. The maximum Gasteiger partial charge on any atom is 0.430 e. The van der Waals surface area contributed by atoms with Gasteiger partial charge in [-0.1, -0.05) is 50.3 Å². The van der Waals surface area contributed by atoms with E-state index in [9.17, 15) is 4.79 Å². The number of amides is 1. The SMILES string of the molecule is C=CCNN[C@H]([N]C(=O)OCc1ccccc1)C(C)C. The van der Waals surface area contributed by atoms with Crippen LogP contribution < -0.4 is 16.2 Å². The first-order valence-corrected chi connectivity index (χ1v) is 6.64. The first-order valence-electron chi connectivity index (χ1n) is 6.64. The number of hydrogen-bond donors (Lipinski definition) is 2. The minimum absolute atomic E-state index is 0.164. The molecule has 109 valence electrons. The van der Waals surface area contributed by atoms with E-state index >= 15 is 0 Å². The van der Waals surface area contributed by atoms with Gasteiger partial charge in [0.25, 0.3) is 0 Å². The summed E-state index contributed by atoms with van der Waals surface area (Å²) < 4.78 is 5.12. The topological polar surface area (TPSA) is 64.5 Å². The first-order chi connectivity index (χ1) is 9.63. The molecular formula is C15H22N3O2.